The lowest BCUT2D eigenvalue weighted by Gasteiger charge is -2.37. The van der Waals surface area contributed by atoms with Gasteiger partial charge in [-0.25, -0.2) is 0 Å². The van der Waals surface area contributed by atoms with Crippen LogP contribution in [0.25, 0.3) is 0 Å². The molecule has 1 saturated carbocycles. The predicted molar refractivity (Wildman–Crippen MR) is 68.4 cm³/mol. The first-order chi connectivity index (χ1) is 7.97. The Morgan fingerprint density at radius 3 is 2.53 bits per heavy atom. The highest BCUT2D eigenvalue weighted by Gasteiger charge is 2.31. The van der Waals surface area contributed by atoms with Crippen molar-refractivity contribution in [1.29, 1.82) is 0 Å². The molecule has 0 aromatic heterocycles. The first-order valence-corrected chi connectivity index (χ1v) is 6.61. The van der Waals surface area contributed by atoms with E-state index in [9.17, 15) is 4.79 Å². The number of nitrogens with two attached hydrogens (primary N) is 1. The van der Waals surface area contributed by atoms with E-state index in [-0.39, 0.29) is 17.9 Å². The summed E-state index contributed by atoms with van der Waals surface area (Å²) in [5.74, 6) is 0.429. The minimum atomic E-state index is -0.794. The van der Waals surface area contributed by atoms with E-state index in [1.807, 2.05) is 0 Å². The summed E-state index contributed by atoms with van der Waals surface area (Å²) in [5.41, 5.74) is 5.58. The van der Waals surface area contributed by atoms with Gasteiger partial charge in [-0.05, 0) is 24.2 Å². The highest BCUT2D eigenvalue weighted by molar-refractivity contribution is 5.81. The summed E-state index contributed by atoms with van der Waals surface area (Å²) in [4.78, 5) is 11.5. The van der Waals surface area contributed by atoms with Crippen molar-refractivity contribution in [3.63, 3.8) is 0 Å². The number of carbonyl (C=O) groups excluding carboxylic acids is 1. The topological polar surface area (TPSA) is 75.4 Å². The van der Waals surface area contributed by atoms with Crippen LogP contribution in [0.15, 0.2) is 0 Å². The van der Waals surface area contributed by atoms with Crippen LogP contribution < -0.4 is 11.1 Å². The number of carbonyl (C=O) groups is 1. The third kappa shape index (κ3) is 4.28. The minimum Gasteiger partial charge on any atom is -0.394 e. The van der Waals surface area contributed by atoms with Gasteiger partial charge < -0.3 is 16.2 Å². The fourth-order valence-electron chi connectivity index (χ4n) is 2.56. The van der Waals surface area contributed by atoms with Crippen LogP contribution in [0, 0.1) is 11.3 Å². The third-order valence-corrected chi connectivity index (χ3v) is 3.96. The summed E-state index contributed by atoms with van der Waals surface area (Å²) in [6.07, 6.45) is 6.47. The van der Waals surface area contributed by atoms with E-state index in [4.69, 9.17) is 10.8 Å². The summed E-state index contributed by atoms with van der Waals surface area (Å²) in [6, 6.07) is -0.794. The molecule has 0 radical (unpaired) electrons. The van der Waals surface area contributed by atoms with Gasteiger partial charge in [0.05, 0.1) is 6.61 Å². The predicted octanol–water partition coefficient (Wildman–Crippen LogP) is 1.03. The maximum absolute atomic E-state index is 11.5. The Hall–Kier alpha value is -0.610. The molecule has 1 rings (SSSR count). The molecule has 0 aromatic carbocycles. The summed E-state index contributed by atoms with van der Waals surface area (Å²) < 4.78 is 0. The van der Waals surface area contributed by atoms with Crippen LogP contribution in [0.5, 0.6) is 0 Å². The van der Waals surface area contributed by atoms with Gasteiger partial charge in [0.1, 0.15) is 6.04 Å². The summed E-state index contributed by atoms with van der Waals surface area (Å²) in [7, 11) is 0. The van der Waals surface area contributed by atoms with Crippen LogP contribution in [0.1, 0.15) is 46.0 Å². The molecule has 1 aliphatic carbocycles. The zero-order valence-electron chi connectivity index (χ0n) is 11.0. The maximum atomic E-state index is 11.5. The van der Waals surface area contributed by atoms with Crippen molar-refractivity contribution >= 4 is 5.91 Å². The smallest absolute Gasteiger partial charge is 0.239 e. The molecule has 100 valence electrons. The number of amides is 1. The lowest BCUT2D eigenvalue weighted by atomic mass is 9.71. The Morgan fingerprint density at radius 1 is 1.41 bits per heavy atom. The van der Waals surface area contributed by atoms with Crippen molar-refractivity contribution in [2.24, 2.45) is 17.1 Å². The van der Waals surface area contributed by atoms with E-state index < -0.39 is 6.04 Å². The number of aliphatic hydroxyl groups is 1. The average Bonchev–Trinajstić information content (AvgIpc) is 2.36. The molecule has 17 heavy (non-hydrogen) atoms. The summed E-state index contributed by atoms with van der Waals surface area (Å²) >= 11 is 0. The van der Waals surface area contributed by atoms with E-state index in [2.05, 4.69) is 19.2 Å². The van der Waals surface area contributed by atoms with Gasteiger partial charge in [-0.3, -0.25) is 4.79 Å². The molecule has 1 aliphatic rings. The first kappa shape index (κ1) is 14.5. The van der Waals surface area contributed by atoms with E-state index in [0.29, 0.717) is 12.5 Å². The molecular weight excluding hydrogens is 216 g/mol. The Bertz CT molecular complexity index is 248. The van der Waals surface area contributed by atoms with E-state index >= 15 is 0 Å². The molecule has 1 unspecified atom stereocenters. The van der Waals surface area contributed by atoms with Gasteiger partial charge in [-0.15, -0.1) is 0 Å². The van der Waals surface area contributed by atoms with Crippen molar-refractivity contribution in [1.82, 2.24) is 5.32 Å². The maximum Gasteiger partial charge on any atom is 0.239 e. The quantitative estimate of drug-likeness (QED) is 0.674. The molecule has 1 atom stereocenters. The largest absolute Gasteiger partial charge is 0.394 e. The van der Waals surface area contributed by atoms with Gasteiger partial charge >= 0.3 is 0 Å². The SMILES string of the molecule is CC(C)(CNC(=O)C(N)CO)C1CCCCC1. The number of rotatable bonds is 5. The van der Waals surface area contributed by atoms with Gasteiger partial charge in [0, 0.05) is 6.54 Å². The lowest BCUT2D eigenvalue weighted by molar-refractivity contribution is -0.123. The van der Waals surface area contributed by atoms with Crippen molar-refractivity contribution in [3.8, 4) is 0 Å². The molecule has 0 bridgehead atoms. The molecule has 4 heteroatoms. The van der Waals surface area contributed by atoms with Crippen LogP contribution in [-0.4, -0.2) is 30.2 Å². The Balaban J connectivity index is 2.40. The number of aliphatic hydroxyl groups excluding tert-OH is 1. The van der Waals surface area contributed by atoms with Gasteiger partial charge in [0.15, 0.2) is 0 Å². The van der Waals surface area contributed by atoms with Gasteiger partial charge in [-0.1, -0.05) is 33.1 Å². The molecule has 0 heterocycles. The van der Waals surface area contributed by atoms with E-state index in [1.54, 1.807) is 0 Å². The van der Waals surface area contributed by atoms with Crippen LogP contribution in [0.3, 0.4) is 0 Å². The van der Waals surface area contributed by atoms with E-state index in [0.717, 1.165) is 0 Å². The number of nitrogens with one attached hydrogen (secondary N) is 1. The first-order valence-electron chi connectivity index (χ1n) is 6.61. The monoisotopic (exact) mass is 242 g/mol. The average molecular weight is 242 g/mol. The second kappa shape index (κ2) is 6.36. The summed E-state index contributed by atoms with van der Waals surface area (Å²) in [5, 5.41) is 11.6. The van der Waals surface area contributed by atoms with Crippen molar-refractivity contribution in [2.75, 3.05) is 13.2 Å². The van der Waals surface area contributed by atoms with Crippen LogP contribution >= 0.6 is 0 Å². The standard InChI is InChI=1S/C13H26N2O2/c1-13(2,10-6-4-3-5-7-10)9-15-12(17)11(14)8-16/h10-11,16H,3-9,14H2,1-2H3,(H,15,17). The van der Waals surface area contributed by atoms with Crippen molar-refractivity contribution in [2.45, 2.75) is 52.0 Å². The molecule has 1 fully saturated rings. The van der Waals surface area contributed by atoms with Gasteiger partial charge in [0.25, 0.3) is 0 Å². The van der Waals surface area contributed by atoms with E-state index in [1.165, 1.54) is 32.1 Å². The molecular formula is C13H26N2O2. The van der Waals surface area contributed by atoms with Crippen LogP contribution in [0.2, 0.25) is 0 Å². The molecule has 4 N–H and O–H groups in total. The van der Waals surface area contributed by atoms with Crippen LogP contribution in [-0.2, 0) is 4.79 Å². The fraction of sp³-hybridized carbons (Fsp3) is 0.923. The molecule has 0 saturated heterocycles. The number of hydrogen-bond donors (Lipinski definition) is 3. The van der Waals surface area contributed by atoms with Gasteiger partial charge in [-0.2, -0.15) is 0 Å². The molecule has 0 aromatic rings. The summed E-state index contributed by atoms with van der Waals surface area (Å²) in [6.45, 7) is 4.75. The second-order valence-electron chi connectivity index (χ2n) is 5.83. The second-order valence-corrected chi connectivity index (χ2v) is 5.83. The normalized spacial score (nSPS) is 20.0. The third-order valence-electron chi connectivity index (χ3n) is 3.96. The lowest BCUT2D eigenvalue weighted by Crippen LogP contribution is -2.47. The minimum absolute atomic E-state index is 0.116. The van der Waals surface area contributed by atoms with Crippen molar-refractivity contribution in [3.05, 3.63) is 0 Å². The van der Waals surface area contributed by atoms with Gasteiger partial charge in [0.2, 0.25) is 5.91 Å². The van der Waals surface area contributed by atoms with Crippen molar-refractivity contribution < 1.29 is 9.90 Å². The fourth-order valence-corrected chi connectivity index (χ4v) is 2.56. The number of hydrogen-bond acceptors (Lipinski definition) is 3. The molecule has 0 aliphatic heterocycles. The Kier molecular flexibility index (Phi) is 5.40. The zero-order chi connectivity index (χ0) is 12.9. The Labute approximate surface area is 104 Å². The molecule has 1 amide bonds. The highest BCUT2D eigenvalue weighted by Crippen LogP contribution is 2.37. The zero-order valence-corrected chi connectivity index (χ0v) is 11.0. The van der Waals surface area contributed by atoms with Crippen LogP contribution in [0.4, 0.5) is 0 Å². The molecule has 4 nitrogen and oxygen atoms in total. The Morgan fingerprint density at radius 2 is 2.00 bits per heavy atom. The molecule has 0 spiro atoms. The highest BCUT2D eigenvalue weighted by atomic mass is 16.3.